The highest BCUT2D eigenvalue weighted by molar-refractivity contribution is 7.10. The number of hydrogen-bond donors (Lipinski definition) is 2. The van der Waals surface area contributed by atoms with Crippen LogP contribution in [-0.4, -0.2) is 17.0 Å². The number of nitrogens with one attached hydrogen (secondary N) is 1. The van der Waals surface area contributed by atoms with Gasteiger partial charge >= 0.3 is 5.97 Å². The van der Waals surface area contributed by atoms with E-state index in [1.807, 2.05) is 35.7 Å². The number of carbonyl (C=O) groups excluding carboxylic acids is 1. The van der Waals surface area contributed by atoms with Crippen molar-refractivity contribution in [1.29, 1.82) is 0 Å². The van der Waals surface area contributed by atoms with E-state index >= 15 is 0 Å². The number of aryl methyl sites for hydroxylation is 1. The molecule has 0 radical (unpaired) electrons. The molecule has 1 heterocycles. The van der Waals surface area contributed by atoms with E-state index in [-0.39, 0.29) is 12.3 Å². The Labute approximate surface area is 121 Å². The molecule has 1 aromatic carbocycles. The van der Waals surface area contributed by atoms with E-state index in [9.17, 15) is 9.59 Å². The van der Waals surface area contributed by atoms with E-state index < -0.39 is 5.97 Å². The van der Waals surface area contributed by atoms with Crippen molar-refractivity contribution < 1.29 is 14.7 Å². The molecule has 0 aliphatic carbocycles. The number of aliphatic carboxylic acids is 1. The molecular weight excluding hydrogens is 274 g/mol. The predicted octanol–water partition coefficient (Wildman–Crippen LogP) is 2.95. The Morgan fingerprint density at radius 3 is 2.65 bits per heavy atom. The molecule has 4 nitrogen and oxygen atoms in total. The first-order valence-corrected chi connectivity index (χ1v) is 7.15. The third-order valence-electron chi connectivity index (χ3n) is 2.81. The Kier molecular flexibility index (Phi) is 4.90. The lowest BCUT2D eigenvalue weighted by atomic mass is 10.1. The Hall–Kier alpha value is -2.14. The first kappa shape index (κ1) is 14.3. The van der Waals surface area contributed by atoms with Crippen LogP contribution < -0.4 is 5.32 Å². The SMILES string of the molecule is O=C(O)CCc1ccccc1NC(=O)Cc1cccs1. The molecule has 0 bridgehead atoms. The minimum Gasteiger partial charge on any atom is -0.481 e. The van der Waals surface area contributed by atoms with E-state index in [0.717, 1.165) is 10.4 Å². The van der Waals surface area contributed by atoms with Crippen molar-refractivity contribution >= 4 is 28.9 Å². The van der Waals surface area contributed by atoms with E-state index in [4.69, 9.17) is 5.11 Å². The molecule has 0 spiro atoms. The average Bonchev–Trinajstić information content (AvgIpc) is 2.90. The molecule has 104 valence electrons. The zero-order valence-corrected chi connectivity index (χ0v) is 11.7. The van der Waals surface area contributed by atoms with Gasteiger partial charge in [-0.05, 0) is 29.5 Å². The molecular formula is C15H15NO3S. The van der Waals surface area contributed by atoms with Crippen LogP contribution in [0.1, 0.15) is 16.9 Å². The van der Waals surface area contributed by atoms with Crippen molar-refractivity contribution in [3.05, 3.63) is 52.2 Å². The fourth-order valence-corrected chi connectivity index (χ4v) is 2.57. The quantitative estimate of drug-likeness (QED) is 0.859. The van der Waals surface area contributed by atoms with Gasteiger partial charge in [-0.1, -0.05) is 24.3 Å². The summed E-state index contributed by atoms with van der Waals surface area (Å²) in [7, 11) is 0. The van der Waals surface area contributed by atoms with Gasteiger partial charge in [0, 0.05) is 17.0 Å². The standard InChI is InChI=1S/C15H15NO3S/c17-14(10-12-5-3-9-20-12)16-13-6-2-1-4-11(13)7-8-15(18)19/h1-6,9H,7-8,10H2,(H,16,17)(H,18,19). The second kappa shape index (κ2) is 6.86. The molecule has 2 aromatic rings. The number of thiophene rings is 1. The number of carboxylic acids is 1. The van der Waals surface area contributed by atoms with Crippen LogP contribution in [0.4, 0.5) is 5.69 Å². The molecule has 0 atom stereocenters. The second-order valence-electron chi connectivity index (χ2n) is 4.36. The van der Waals surface area contributed by atoms with Crippen LogP contribution in [0.5, 0.6) is 0 Å². The van der Waals surface area contributed by atoms with Gasteiger partial charge in [0.15, 0.2) is 0 Å². The van der Waals surface area contributed by atoms with Crippen molar-refractivity contribution in [3.63, 3.8) is 0 Å². The van der Waals surface area contributed by atoms with Crippen LogP contribution >= 0.6 is 11.3 Å². The highest BCUT2D eigenvalue weighted by Gasteiger charge is 2.09. The summed E-state index contributed by atoms with van der Waals surface area (Å²) in [5.74, 6) is -0.931. The summed E-state index contributed by atoms with van der Waals surface area (Å²) in [6.45, 7) is 0. The van der Waals surface area contributed by atoms with Gasteiger partial charge in [0.1, 0.15) is 0 Å². The first-order valence-electron chi connectivity index (χ1n) is 6.27. The maximum absolute atomic E-state index is 11.9. The number of hydrogen-bond acceptors (Lipinski definition) is 3. The number of benzene rings is 1. The number of amides is 1. The van der Waals surface area contributed by atoms with E-state index in [2.05, 4.69) is 5.32 Å². The first-order chi connectivity index (χ1) is 9.65. The summed E-state index contributed by atoms with van der Waals surface area (Å²) in [4.78, 5) is 23.6. The van der Waals surface area contributed by atoms with Crippen molar-refractivity contribution in [2.45, 2.75) is 19.3 Å². The number of rotatable bonds is 6. The Morgan fingerprint density at radius 2 is 1.95 bits per heavy atom. The molecule has 2 rings (SSSR count). The third-order valence-corrected chi connectivity index (χ3v) is 3.69. The number of anilines is 1. The lowest BCUT2D eigenvalue weighted by molar-refractivity contribution is -0.136. The minimum absolute atomic E-state index is 0.0534. The zero-order chi connectivity index (χ0) is 14.4. The topological polar surface area (TPSA) is 66.4 Å². The van der Waals surface area contributed by atoms with Gasteiger partial charge in [0.2, 0.25) is 5.91 Å². The molecule has 20 heavy (non-hydrogen) atoms. The van der Waals surface area contributed by atoms with E-state index in [1.165, 1.54) is 0 Å². The Bertz CT molecular complexity index is 593. The molecule has 2 N–H and O–H groups in total. The Morgan fingerprint density at radius 1 is 1.15 bits per heavy atom. The van der Waals surface area contributed by atoms with Crippen LogP contribution in [0.15, 0.2) is 41.8 Å². The van der Waals surface area contributed by atoms with Crippen LogP contribution in [0.25, 0.3) is 0 Å². The third kappa shape index (κ3) is 4.20. The Balaban J connectivity index is 2.01. The van der Waals surface area contributed by atoms with Gasteiger partial charge in [-0.3, -0.25) is 9.59 Å². The van der Waals surface area contributed by atoms with Gasteiger partial charge in [0.05, 0.1) is 6.42 Å². The monoisotopic (exact) mass is 289 g/mol. The lowest BCUT2D eigenvalue weighted by Crippen LogP contribution is -2.15. The lowest BCUT2D eigenvalue weighted by Gasteiger charge is -2.10. The molecule has 0 fully saturated rings. The largest absolute Gasteiger partial charge is 0.481 e. The van der Waals surface area contributed by atoms with Crippen molar-refractivity contribution in [3.8, 4) is 0 Å². The molecule has 5 heteroatoms. The fraction of sp³-hybridized carbons (Fsp3) is 0.200. The van der Waals surface area contributed by atoms with Crippen LogP contribution in [0, 0.1) is 0 Å². The number of carboxylic acid groups (broad SMARTS) is 1. The predicted molar refractivity (Wildman–Crippen MR) is 79.1 cm³/mol. The molecule has 0 saturated carbocycles. The summed E-state index contributed by atoms with van der Waals surface area (Å²) in [6.07, 6.45) is 0.799. The van der Waals surface area contributed by atoms with Gasteiger partial charge in [-0.2, -0.15) is 0 Å². The van der Waals surface area contributed by atoms with E-state index in [0.29, 0.717) is 18.5 Å². The van der Waals surface area contributed by atoms with Crippen molar-refractivity contribution in [2.75, 3.05) is 5.32 Å². The van der Waals surface area contributed by atoms with Crippen molar-refractivity contribution in [2.24, 2.45) is 0 Å². The smallest absolute Gasteiger partial charge is 0.303 e. The highest BCUT2D eigenvalue weighted by atomic mass is 32.1. The molecule has 0 aliphatic heterocycles. The normalized spacial score (nSPS) is 10.2. The molecule has 0 saturated heterocycles. The van der Waals surface area contributed by atoms with Crippen LogP contribution in [-0.2, 0) is 22.4 Å². The molecule has 0 unspecified atom stereocenters. The van der Waals surface area contributed by atoms with Gasteiger partial charge in [-0.25, -0.2) is 0 Å². The van der Waals surface area contributed by atoms with Gasteiger partial charge in [0.25, 0.3) is 0 Å². The van der Waals surface area contributed by atoms with Crippen LogP contribution in [0.2, 0.25) is 0 Å². The minimum atomic E-state index is -0.843. The summed E-state index contributed by atoms with van der Waals surface area (Å²) in [5.41, 5.74) is 1.53. The summed E-state index contributed by atoms with van der Waals surface area (Å²) >= 11 is 1.54. The number of carbonyl (C=O) groups is 2. The summed E-state index contributed by atoms with van der Waals surface area (Å²) in [6, 6.07) is 11.1. The molecule has 1 amide bonds. The molecule has 1 aromatic heterocycles. The van der Waals surface area contributed by atoms with Gasteiger partial charge < -0.3 is 10.4 Å². The van der Waals surface area contributed by atoms with E-state index in [1.54, 1.807) is 17.4 Å². The summed E-state index contributed by atoms with van der Waals surface area (Å²) < 4.78 is 0. The second-order valence-corrected chi connectivity index (χ2v) is 5.39. The zero-order valence-electron chi connectivity index (χ0n) is 10.8. The number of para-hydroxylation sites is 1. The fourth-order valence-electron chi connectivity index (χ4n) is 1.87. The molecule has 0 aliphatic rings. The van der Waals surface area contributed by atoms with Gasteiger partial charge in [-0.15, -0.1) is 11.3 Å². The summed E-state index contributed by atoms with van der Waals surface area (Å²) in [5, 5.41) is 13.5. The van der Waals surface area contributed by atoms with Crippen molar-refractivity contribution in [1.82, 2.24) is 0 Å². The highest BCUT2D eigenvalue weighted by Crippen LogP contribution is 2.18. The maximum Gasteiger partial charge on any atom is 0.303 e. The maximum atomic E-state index is 11.9. The van der Waals surface area contributed by atoms with Crippen LogP contribution in [0.3, 0.4) is 0 Å². The average molecular weight is 289 g/mol.